The van der Waals surface area contributed by atoms with E-state index in [-0.39, 0.29) is 0 Å². The Morgan fingerprint density at radius 2 is 2.05 bits per heavy atom. The van der Waals surface area contributed by atoms with Gasteiger partial charge in [0.15, 0.2) is 0 Å². The summed E-state index contributed by atoms with van der Waals surface area (Å²) in [5.41, 5.74) is 1.35. The van der Waals surface area contributed by atoms with Crippen molar-refractivity contribution in [2.75, 3.05) is 0 Å². The highest BCUT2D eigenvalue weighted by Crippen LogP contribution is 2.41. The lowest BCUT2D eigenvalue weighted by Gasteiger charge is -2.07. The molecular formula is C15H11ClN2OS. The number of nitrogens with zero attached hydrogens (tertiary/aromatic N) is 2. The summed E-state index contributed by atoms with van der Waals surface area (Å²) in [5, 5.41) is 1.65. The molecule has 1 aliphatic carbocycles. The predicted octanol–water partition coefficient (Wildman–Crippen LogP) is 4.63. The number of thiophene rings is 1. The average Bonchev–Trinajstić information content (AvgIpc) is 3.02. The van der Waals surface area contributed by atoms with Gasteiger partial charge < -0.3 is 4.74 Å². The number of benzene rings is 1. The number of fused-ring (bicyclic) bond motifs is 3. The van der Waals surface area contributed by atoms with Crippen molar-refractivity contribution in [3.8, 4) is 11.6 Å². The normalized spacial score (nSPS) is 13.7. The van der Waals surface area contributed by atoms with E-state index in [4.69, 9.17) is 16.3 Å². The predicted molar refractivity (Wildman–Crippen MR) is 81.0 cm³/mol. The van der Waals surface area contributed by atoms with Crippen LogP contribution in [0.5, 0.6) is 11.6 Å². The molecule has 0 aliphatic heterocycles. The van der Waals surface area contributed by atoms with Gasteiger partial charge in [-0.15, -0.1) is 11.3 Å². The van der Waals surface area contributed by atoms with Gasteiger partial charge in [-0.3, -0.25) is 0 Å². The maximum Gasteiger partial charge on any atom is 0.231 e. The Labute approximate surface area is 125 Å². The summed E-state index contributed by atoms with van der Waals surface area (Å²) in [6, 6.07) is 7.45. The van der Waals surface area contributed by atoms with E-state index < -0.39 is 0 Å². The van der Waals surface area contributed by atoms with Crippen molar-refractivity contribution in [2.24, 2.45) is 0 Å². The standard InChI is InChI=1S/C15H11ClN2OS/c16-10-5-1-2-6-11(10)19-14-13-9-4-3-7-12(9)20-15(13)18-8-17-14/h1-2,5-6,8H,3-4,7H2. The molecule has 3 aromatic rings. The van der Waals surface area contributed by atoms with Crippen LogP contribution in [0.15, 0.2) is 30.6 Å². The number of para-hydroxylation sites is 1. The van der Waals surface area contributed by atoms with Crippen LogP contribution in [0.3, 0.4) is 0 Å². The third-order valence-corrected chi connectivity index (χ3v) is 5.02. The molecule has 3 nitrogen and oxygen atoms in total. The van der Waals surface area contributed by atoms with Crippen LogP contribution < -0.4 is 4.74 Å². The van der Waals surface area contributed by atoms with Gasteiger partial charge in [0.05, 0.1) is 10.4 Å². The van der Waals surface area contributed by atoms with Crippen molar-refractivity contribution < 1.29 is 4.74 Å². The fourth-order valence-corrected chi connectivity index (χ4v) is 4.00. The van der Waals surface area contributed by atoms with Crippen LogP contribution in [0, 0.1) is 0 Å². The molecule has 0 fully saturated rings. The van der Waals surface area contributed by atoms with Crippen molar-refractivity contribution in [1.29, 1.82) is 0 Å². The van der Waals surface area contributed by atoms with Crippen molar-refractivity contribution in [3.63, 3.8) is 0 Å². The summed E-state index contributed by atoms with van der Waals surface area (Å²) >= 11 is 7.90. The van der Waals surface area contributed by atoms with Crippen LogP contribution in [0.4, 0.5) is 0 Å². The number of rotatable bonds is 2. The fraction of sp³-hybridized carbons (Fsp3) is 0.200. The van der Waals surface area contributed by atoms with Crippen molar-refractivity contribution in [3.05, 3.63) is 46.1 Å². The minimum absolute atomic E-state index is 0.589. The summed E-state index contributed by atoms with van der Waals surface area (Å²) in [5.74, 6) is 1.25. The molecule has 0 amide bonds. The highest BCUT2D eigenvalue weighted by atomic mass is 35.5. The molecule has 4 rings (SSSR count). The van der Waals surface area contributed by atoms with Crippen molar-refractivity contribution in [2.45, 2.75) is 19.3 Å². The maximum absolute atomic E-state index is 6.15. The van der Waals surface area contributed by atoms with Gasteiger partial charge in [0.25, 0.3) is 0 Å². The van der Waals surface area contributed by atoms with Gasteiger partial charge >= 0.3 is 0 Å². The summed E-state index contributed by atoms with van der Waals surface area (Å²) in [4.78, 5) is 11.1. The molecule has 2 heterocycles. The number of ether oxygens (including phenoxy) is 1. The number of aromatic nitrogens is 2. The van der Waals surface area contributed by atoms with E-state index in [1.165, 1.54) is 16.9 Å². The molecule has 0 spiro atoms. The second-order valence-electron chi connectivity index (χ2n) is 4.75. The van der Waals surface area contributed by atoms with E-state index in [2.05, 4.69) is 9.97 Å². The number of hydrogen-bond acceptors (Lipinski definition) is 4. The van der Waals surface area contributed by atoms with Gasteiger partial charge in [0.1, 0.15) is 16.9 Å². The van der Waals surface area contributed by atoms with E-state index in [9.17, 15) is 0 Å². The number of hydrogen-bond donors (Lipinski definition) is 0. The molecule has 0 saturated heterocycles. The van der Waals surface area contributed by atoms with E-state index in [1.807, 2.05) is 24.3 Å². The topological polar surface area (TPSA) is 35.0 Å². The maximum atomic E-state index is 6.15. The zero-order valence-electron chi connectivity index (χ0n) is 10.6. The summed E-state index contributed by atoms with van der Waals surface area (Å²) in [6.07, 6.45) is 4.99. The smallest absolute Gasteiger partial charge is 0.231 e. The van der Waals surface area contributed by atoms with Crippen LogP contribution in [0.1, 0.15) is 16.9 Å². The highest BCUT2D eigenvalue weighted by Gasteiger charge is 2.22. The largest absolute Gasteiger partial charge is 0.437 e. The zero-order chi connectivity index (χ0) is 13.5. The zero-order valence-corrected chi connectivity index (χ0v) is 12.2. The van der Waals surface area contributed by atoms with E-state index in [0.29, 0.717) is 16.7 Å². The lowest BCUT2D eigenvalue weighted by atomic mass is 10.2. The molecule has 20 heavy (non-hydrogen) atoms. The molecule has 0 N–H and O–H groups in total. The first-order valence-corrected chi connectivity index (χ1v) is 7.70. The van der Waals surface area contributed by atoms with Crippen LogP contribution in [0.25, 0.3) is 10.2 Å². The first-order valence-electron chi connectivity index (χ1n) is 6.50. The van der Waals surface area contributed by atoms with Gasteiger partial charge in [-0.05, 0) is 37.0 Å². The Kier molecular flexibility index (Phi) is 2.86. The van der Waals surface area contributed by atoms with Gasteiger partial charge in [-0.1, -0.05) is 23.7 Å². The molecule has 2 aromatic heterocycles. The quantitative estimate of drug-likeness (QED) is 0.692. The second-order valence-corrected chi connectivity index (χ2v) is 6.24. The number of aryl methyl sites for hydroxylation is 2. The van der Waals surface area contributed by atoms with Gasteiger partial charge in [0, 0.05) is 4.88 Å². The minimum atomic E-state index is 0.589. The second kappa shape index (κ2) is 4.72. The lowest BCUT2D eigenvalue weighted by Crippen LogP contribution is -1.91. The summed E-state index contributed by atoms with van der Waals surface area (Å²) in [6.45, 7) is 0. The molecule has 100 valence electrons. The van der Waals surface area contributed by atoms with Gasteiger partial charge in [-0.25, -0.2) is 9.97 Å². The average molecular weight is 303 g/mol. The van der Waals surface area contributed by atoms with Gasteiger partial charge in [0.2, 0.25) is 5.88 Å². The fourth-order valence-electron chi connectivity index (χ4n) is 2.61. The Morgan fingerprint density at radius 1 is 1.15 bits per heavy atom. The molecule has 5 heteroatoms. The van der Waals surface area contributed by atoms with Gasteiger partial charge in [-0.2, -0.15) is 0 Å². The SMILES string of the molecule is Clc1ccccc1Oc1ncnc2sc3c(c12)CCC3. The Hall–Kier alpha value is -1.65. The Balaban J connectivity index is 1.86. The molecule has 0 bridgehead atoms. The molecule has 0 radical (unpaired) electrons. The van der Waals surface area contributed by atoms with E-state index in [0.717, 1.165) is 23.1 Å². The first kappa shape index (κ1) is 12.1. The highest BCUT2D eigenvalue weighted by molar-refractivity contribution is 7.18. The van der Waals surface area contributed by atoms with Crippen molar-refractivity contribution in [1.82, 2.24) is 9.97 Å². The van der Waals surface area contributed by atoms with Crippen LogP contribution in [-0.4, -0.2) is 9.97 Å². The van der Waals surface area contributed by atoms with E-state index >= 15 is 0 Å². The van der Waals surface area contributed by atoms with Crippen LogP contribution in [0.2, 0.25) is 5.02 Å². The molecule has 0 unspecified atom stereocenters. The molecule has 1 aliphatic rings. The minimum Gasteiger partial charge on any atom is -0.437 e. The summed E-state index contributed by atoms with van der Waals surface area (Å²) < 4.78 is 5.93. The Morgan fingerprint density at radius 3 is 2.95 bits per heavy atom. The molecule has 0 atom stereocenters. The Bertz CT molecular complexity index is 800. The number of halogens is 1. The lowest BCUT2D eigenvalue weighted by molar-refractivity contribution is 0.468. The monoisotopic (exact) mass is 302 g/mol. The molecule has 1 aromatic carbocycles. The molecule has 0 saturated carbocycles. The van der Waals surface area contributed by atoms with E-state index in [1.54, 1.807) is 17.7 Å². The third-order valence-electron chi connectivity index (χ3n) is 3.51. The first-order chi connectivity index (χ1) is 9.83. The summed E-state index contributed by atoms with van der Waals surface area (Å²) in [7, 11) is 0. The van der Waals surface area contributed by atoms with Crippen molar-refractivity contribution >= 4 is 33.2 Å². The third kappa shape index (κ3) is 1.87. The van der Waals surface area contributed by atoms with Crippen LogP contribution in [-0.2, 0) is 12.8 Å². The molecular weight excluding hydrogens is 292 g/mol. The van der Waals surface area contributed by atoms with Crippen LogP contribution >= 0.6 is 22.9 Å².